The van der Waals surface area contributed by atoms with Crippen LogP contribution in [0.4, 0.5) is 0 Å². The Bertz CT molecular complexity index is 1030. The largest absolute Gasteiger partial charge is 0.346 e. The number of carbonyl (C=O) groups is 5. The third-order valence-electron chi connectivity index (χ3n) is 5.72. The molecule has 35 heavy (non-hydrogen) atoms. The normalized spacial score (nSPS) is 19.9. The van der Waals surface area contributed by atoms with Crippen molar-refractivity contribution in [2.75, 3.05) is 0 Å². The van der Waals surface area contributed by atoms with Crippen LogP contribution in [0.1, 0.15) is 45.7 Å². The van der Waals surface area contributed by atoms with Crippen LogP contribution in [0.25, 0.3) is 0 Å². The number of rotatable bonds is 11. The lowest BCUT2D eigenvalue weighted by Gasteiger charge is -2.25. The van der Waals surface area contributed by atoms with Crippen LogP contribution in [-0.4, -0.2) is 35.5 Å². The van der Waals surface area contributed by atoms with Gasteiger partial charge in [0.05, 0.1) is 24.4 Å². The molecule has 4 amide bonds. The van der Waals surface area contributed by atoms with E-state index in [1.165, 1.54) is 13.0 Å². The zero-order chi connectivity index (χ0) is 26.0. The number of nitrogens with one attached hydrogen (secondary N) is 3. The first-order valence-electron chi connectivity index (χ1n) is 11.6. The highest BCUT2D eigenvalue weighted by Crippen LogP contribution is 2.24. The van der Waals surface area contributed by atoms with E-state index in [0.717, 1.165) is 5.56 Å². The van der Waals surface area contributed by atoms with Crippen molar-refractivity contribution in [2.45, 2.75) is 46.2 Å². The Kier molecular flexibility index (Phi) is 10.3. The molecule has 8 nitrogen and oxygen atoms in total. The molecule has 0 bridgehead atoms. The maximum absolute atomic E-state index is 13.1. The smallest absolute Gasteiger partial charge is 0.244 e. The third kappa shape index (κ3) is 7.88. The molecule has 1 aliphatic heterocycles. The van der Waals surface area contributed by atoms with E-state index in [9.17, 15) is 24.0 Å². The molecule has 0 aromatic heterocycles. The molecule has 0 saturated carbocycles. The summed E-state index contributed by atoms with van der Waals surface area (Å²) in [5, 5.41) is 7.72. The fourth-order valence-corrected chi connectivity index (χ4v) is 3.78. The van der Waals surface area contributed by atoms with Crippen molar-refractivity contribution in [3.63, 3.8) is 0 Å². The first-order chi connectivity index (χ1) is 16.6. The zero-order valence-electron chi connectivity index (χ0n) is 20.5. The fourth-order valence-electron chi connectivity index (χ4n) is 3.78. The Labute approximate surface area is 205 Å². The van der Waals surface area contributed by atoms with Crippen LogP contribution < -0.4 is 16.0 Å². The predicted octanol–water partition coefficient (Wildman–Crippen LogP) is 2.54. The lowest BCUT2D eigenvalue weighted by Crippen LogP contribution is -2.49. The maximum atomic E-state index is 13.1. The minimum Gasteiger partial charge on any atom is -0.346 e. The highest BCUT2D eigenvalue weighted by Gasteiger charge is 2.46. The van der Waals surface area contributed by atoms with Crippen molar-refractivity contribution < 1.29 is 24.0 Å². The first-order valence-corrected chi connectivity index (χ1v) is 11.6. The molecule has 2 rings (SSSR count). The summed E-state index contributed by atoms with van der Waals surface area (Å²) in [5.41, 5.74) is 0.732. The van der Waals surface area contributed by atoms with Crippen molar-refractivity contribution in [1.29, 1.82) is 0 Å². The molecule has 0 unspecified atom stereocenters. The highest BCUT2D eigenvalue weighted by molar-refractivity contribution is 6.16. The van der Waals surface area contributed by atoms with Gasteiger partial charge in [0.2, 0.25) is 23.6 Å². The summed E-state index contributed by atoms with van der Waals surface area (Å²) >= 11 is 0. The van der Waals surface area contributed by atoms with Crippen molar-refractivity contribution in [3.8, 4) is 0 Å². The van der Waals surface area contributed by atoms with Crippen LogP contribution in [0.15, 0.2) is 66.8 Å². The molecular formula is C27H33N3O5. The Morgan fingerprint density at radius 1 is 0.971 bits per heavy atom. The van der Waals surface area contributed by atoms with Gasteiger partial charge in [0.25, 0.3) is 0 Å². The van der Waals surface area contributed by atoms with E-state index < -0.39 is 47.4 Å². The summed E-state index contributed by atoms with van der Waals surface area (Å²) in [6.07, 6.45) is 10.0. The van der Waals surface area contributed by atoms with Gasteiger partial charge < -0.3 is 10.6 Å². The number of benzene rings is 1. The summed E-state index contributed by atoms with van der Waals surface area (Å²) in [6, 6.07) is 7.46. The van der Waals surface area contributed by atoms with Crippen molar-refractivity contribution in [1.82, 2.24) is 16.0 Å². The molecule has 4 atom stereocenters. The first kappa shape index (κ1) is 27.4. The number of amides is 4. The molecular weight excluding hydrogens is 451 g/mol. The molecule has 1 aliphatic rings. The molecule has 8 heteroatoms. The second kappa shape index (κ2) is 13.2. The van der Waals surface area contributed by atoms with Gasteiger partial charge >= 0.3 is 0 Å². The molecule has 3 N–H and O–H groups in total. The van der Waals surface area contributed by atoms with Gasteiger partial charge in [0.15, 0.2) is 5.78 Å². The van der Waals surface area contributed by atoms with E-state index in [2.05, 4.69) is 16.0 Å². The molecule has 1 aromatic rings. The SMILES string of the molecule is C/[13CH]=C/[13CH]=C/[13CH]=C/[13C](=O)N[C@@H](CC(=O)N[C@H](C(=O)[C@H]1[C@H](C)C(=O)N[13C]1=O)C(C)C)c1ccccc1. The van der Waals surface area contributed by atoms with Crippen LogP contribution in [0, 0.1) is 17.8 Å². The summed E-state index contributed by atoms with van der Waals surface area (Å²) < 4.78 is 0. The number of hydrogen-bond donors (Lipinski definition) is 3. The van der Waals surface area contributed by atoms with Crippen LogP contribution >= 0.6 is 0 Å². The third-order valence-corrected chi connectivity index (χ3v) is 5.72. The van der Waals surface area contributed by atoms with Gasteiger partial charge in [-0.05, 0) is 18.4 Å². The predicted molar refractivity (Wildman–Crippen MR) is 133 cm³/mol. The summed E-state index contributed by atoms with van der Waals surface area (Å²) in [5.74, 6) is -4.71. The van der Waals surface area contributed by atoms with E-state index in [-0.39, 0.29) is 18.2 Å². The molecule has 1 saturated heterocycles. The number of imide groups is 1. The van der Waals surface area contributed by atoms with Crippen molar-refractivity contribution >= 4 is 29.4 Å². The number of carbonyl (C=O) groups excluding carboxylic acids is 5. The Morgan fingerprint density at radius 3 is 2.20 bits per heavy atom. The highest BCUT2D eigenvalue weighted by atomic mass is 16.2. The standard InChI is InChI=1S/C27H33N3O5/c1-5-6-7-8-12-15-21(31)28-20(19-13-10-9-11-14-19)16-22(32)29-24(17(2)3)25(33)23-18(4)26(34)30-27(23)35/h5-15,17-18,20,23-24H,16H2,1-4H3,(H,28,31)(H,29,32)(H,30,34,35)/b6-5+,8-7+,15-12+/t18-,20-,23+,24-/m0/s1/i5+1,7+1,12+1,21+1,27+1. The lowest BCUT2D eigenvalue weighted by atomic mass is 9.88. The van der Waals surface area contributed by atoms with E-state index in [1.54, 1.807) is 56.3 Å². The fraction of sp³-hybridized carbons (Fsp3) is 0.370. The number of ketones is 1. The second-order valence-corrected chi connectivity index (χ2v) is 8.76. The number of hydrogen-bond acceptors (Lipinski definition) is 5. The molecule has 0 aliphatic carbocycles. The molecule has 186 valence electrons. The van der Waals surface area contributed by atoms with Gasteiger partial charge in [-0.15, -0.1) is 0 Å². The monoisotopic (exact) mass is 484 g/mol. The quantitative estimate of drug-likeness (QED) is 0.147. The van der Waals surface area contributed by atoms with Crippen LogP contribution in [0.3, 0.4) is 0 Å². The second-order valence-electron chi connectivity index (χ2n) is 8.76. The Balaban J connectivity index is 2.14. The summed E-state index contributed by atoms with van der Waals surface area (Å²) in [7, 11) is 0. The Morgan fingerprint density at radius 2 is 1.63 bits per heavy atom. The molecule has 1 fully saturated rings. The van der Waals surface area contributed by atoms with Crippen LogP contribution in [0.2, 0.25) is 0 Å². The van der Waals surface area contributed by atoms with Gasteiger partial charge in [0, 0.05) is 6.08 Å². The molecule has 0 radical (unpaired) electrons. The van der Waals surface area contributed by atoms with Gasteiger partial charge in [-0.2, -0.15) is 0 Å². The number of allylic oxidation sites excluding steroid dienone is 5. The average molecular weight is 485 g/mol. The van der Waals surface area contributed by atoms with Gasteiger partial charge in [0.1, 0.15) is 5.92 Å². The minimum absolute atomic E-state index is 0.111. The van der Waals surface area contributed by atoms with E-state index in [4.69, 9.17) is 0 Å². The minimum atomic E-state index is -1.14. The van der Waals surface area contributed by atoms with Gasteiger partial charge in [-0.25, -0.2) is 0 Å². The molecule has 1 heterocycles. The van der Waals surface area contributed by atoms with E-state index in [0.29, 0.717) is 0 Å². The van der Waals surface area contributed by atoms with E-state index >= 15 is 0 Å². The van der Waals surface area contributed by atoms with Crippen LogP contribution in [0.5, 0.6) is 0 Å². The average Bonchev–Trinajstić information content (AvgIpc) is 3.07. The summed E-state index contributed by atoms with van der Waals surface area (Å²) in [4.78, 5) is 62.5. The molecule has 1 aromatic carbocycles. The lowest BCUT2D eigenvalue weighted by molar-refractivity contribution is -0.137. The maximum Gasteiger partial charge on any atom is 0.244 e. The van der Waals surface area contributed by atoms with Gasteiger partial charge in [-0.1, -0.05) is 81.5 Å². The summed E-state index contributed by atoms with van der Waals surface area (Å²) in [6.45, 7) is 6.91. The Hall–Kier alpha value is -3.81. The topological polar surface area (TPSA) is 121 Å². The van der Waals surface area contributed by atoms with Crippen molar-refractivity contribution in [3.05, 3.63) is 72.4 Å². The van der Waals surface area contributed by atoms with E-state index in [1.807, 2.05) is 25.1 Å². The van der Waals surface area contributed by atoms with Crippen LogP contribution in [-0.2, 0) is 24.0 Å². The van der Waals surface area contributed by atoms with Crippen molar-refractivity contribution in [2.24, 2.45) is 17.8 Å². The van der Waals surface area contributed by atoms with Gasteiger partial charge in [-0.3, -0.25) is 29.3 Å². The zero-order valence-corrected chi connectivity index (χ0v) is 20.5. The number of Topliss-reactive ketones (excluding diaryl/α,β-unsaturated/α-hetero) is 1. The molecule has 0 spiro atoms.